The van der Waals surface area contributed by atoms with Crippen LogP contribution in [0.2, 0.25) is 0 Å². The number of benzene rings is 1. The van der Waals surface area contributed by atoms with Gasteiger partial charge in [0.25, 0.3) is 5.69 Å². The molecule has 0 bridgehead atoms. The summed E-state index contributed by atoms with van der Waals surface area (Å²) in [6.07, 6.45) is 10.0. The van der Waals surface area contributed by atoms with E-state index < -0.39 is 0 Å². The van der Waals surface area contributed by atoms with Crippen LogP contribution in [0.5, 0.6) is 0 Å². The third-order valence-corrected chi connectivity index (χ3v) is 5.36. The highest BCUT2D eigenvalue weighted by atomic mass is 16.6. The van der Waals surface area contributed by atoms with Gasteiger partial charge in [0.15, 0.2) is 0 Å². The molecule has 126 valence electrons. The fourth-order valence-corrected chi connectivity index (χ4v) is 4.20. The molecule has 2 aliphatic rings. The topological polar surface area (TPSA) is 77.3 Å². The van der Waals surface area contributed by atoms with Gasteiger partial charge in [-0.25, -0.2) is 0 Å². The maximum Gasteiger partial charge on any atom is 0.278 e. The fraction of sp³-hybridized carbons (Fsp3) is 0.500. The number of anilines is 1. The molecular formula is C18H21N3O3. The minimum absolute atomic E-state index is 0.0497. The summed E-state index contributed by atoms with van der Waals surface area (Å²) >= 11 is 0. The van der Waals surface area contributed by atoms with Crippen molar-refractivity contribution in [2.75, 3.05) is 11.9 Å². The number of nitro groups is 1. The summed E-state index contributed by atoms with van der Waals surface area (Å²) < 4.78 is 6.09. The van der Waals surface area contributed by atoms with Crippen LogP contribution in [0.25, 0.3) is 10.8 Å². The van der Waals surface area contributed by atoms with Crippen LogP contribution in [-0.4, -0.2) is 28.2 Å². The summed E-state index contributed by atoms with van der Waals surface area (Å²) in [6.45, 7) is 0.782. The van der Waals surface area contributed by atoms with E-state index in [1.54, 1.807) is 18.5 Å². The number of non-ortho nitro benzene ring substituents is 1. The molecule has 1 aliphatic carbocycles. The second-order valence-electron chi connectivity index (χ2n) is 6.88. The van der Waals surface area contributed by atoms with Crippen molar-refractivity contribution in [2.24, 2.45) is 0 Å². The Bertz CT molecular complexity index is 771. The average molecular weight is 327 g/mol. The monoisotopic (exact) mass is 327 g/mol. The molecular weight excluding hydrogens is 306 g/mol. The predicted molar refractivity (Wildman–Crippen MR) is 92.2 cm³/mol. The molecule has 2 fully saturated rings. The highest BCUT2D eigenvalue weighted by Crippen LogP contribution is 2.41. The molecule has 24 heavy (non-hydrogen) atoms. The smallest absolute Gasteiger partial charge is 0.278 e. The largest absolute Gasteiger partial charge is 0.382 e. The number of pyridine rings is 1. The zero-order valence-corrected chi connectivity index (χ0v) is 13.5. The van der Waals surface area contributed by atoms with Gasteiger partial charge in [0, 0.05) is 42.2 Å². The zero-order valence-electron chi connectivity index (χ0n) is 13.5. The van der Waals surface area contributed by atoms with E-state index in [0.717, 1.165) is 43.4 Å². The minimum Gasteiger partial charge on any atom is -0.382 e. The second-order valence-corrected chi connectivity index (χ2v) is 6.88. The number of ether oxygens (including phenoxy) is 1. The molecule has 1 N–H and O–H groups in total. The molecule has 1 saturated carbocycles. The van der Waals surface area contributed by atoms with Crippen LogP contribution in [0.4, 0.5) is 11.4 Å². The number of nitrogens with zero attached hydrogens (tertiary/aromatic N) is 2. The van der Waals surface area contributed by atoms with E-state index in [9.17, 15) is 10.1 Å². The zero-order chi connectivity index (χ0) is 16.6. The quantitative estimate of drug-likeness (QED) is 0.680. The van der Waals surface area contributed by atoms with Crippen LogP contribution in [0.1, 0.15) is 38.5 Å². The summed E-state index contributed by atoms with van der Waals surface area (Å²) in [5.41, 5.74) is 1.09. The Kier molecular flexibility index (Phi) is 3.84. The average Bonchev–Trinajstić information content (AvgIpc) is 3.02. The molecule has 1 spiro atoms. The lowest BCUT2D eigenvalue weighted by Gasteiger charge is -2.39. The Morgan fingerprint density at radius 3 is 2.88 bits per heavy atom. The van der Waals surface area contributed by atoms with Gasteiger partial charge in [0.1, 0.15) is 0 Å². The van der Waals surface area contributed by atoms with Gasteiger partial charge in [-0.15, -0.1) is 0 Å². The molecule has 4 rings (SSSR count). The van der Waals surface area contributed by atoms with E-state index in [2.05, 4.69) is 10.3 Å². The van der Waals surface area contributed by atoms with Crippen LogP contribution in [-0.2, 0) is 4.74 Å². The number of hydrogen-bond donors (Lipinski definition) is 1. The normalized spacial score (nSPS) is 22.8. The van der Waals surface area contributed by atoms with Crippen molar-refractivity contribution in [1.82, 2.24) is 4.98 Å². The van der Waals surface area contributed by atoms with E-state index >= 15 is 0 Å². The Balaban J connectivity index is 1.63. The first-order chi connectivity index (χ1) is 11.7. The fourth-order valence-electron chi connectivity index (χ4n) is 4.20. The molecule has 1 aliphatic heterocycles. The van der Waals surface area contributed by atoms with Gasteiger partial charge < -0.3 is 10.1 Å². The van der Waals surface area contributed by atoms with Crippen molar-refractivity contribution in [3.8, 4) is 0 Å². The molecule has 6 heteroatoms. The molecule has 0 radical (unpaired) electrons. The van der Waals surface area contributed by atoms with Gasteiger partial charge in [0.2, 0.25) is 0 Å². The molecule has 1 aromatic heterocycles. The van der Waals surface area contributed by atoms with Gasteiger partial charge in [-0.05, 0) is 37.8 Å². The van der Waals surface area contributed by atoms with Crippen LogP contribution < -0.4 is 5.32 Å². The third-order valence-electron chi connectivity index (χ3n) is 5.36. The lowest BCUT2D eigenvalue weighted by Crippen LogP contribution is -2.42. The first-order valence-corrected chi connectivity index (χ1v) is 8.59. The van der Waals surface area contributed by atoms with Gasteiger partial charge in [-0.2, -0.15) is 0 Å². The number of fused-ring (bicyclic) bond motifs is 1. The van der Waals surface area contributed by atoms with E-state index in [1.807, 2.05) is 12.1 Å². The van der Waals surface area contributed by atoms with Crippen LogP contribution in [0.3, 0.4) is 0 Å². The SMILES string of the molecule is O=[N+]([O-])c1ccc(NC2CCOC3(CCCC3)C2)c2ccncc12. The summed E-state index contributed by atoms with van der Waals surface area (Å²) in [5.74, 6) is 0. The van der Waals surface area contributed by atoms with Crippen molar-refractivity contribution < 1.29 is 9.66 Å². The van der Waals surface area contributed by atoms with Gasteiger partial charge in [0.05, 0.1) is 15.9 Å². The Morgan fingerprint density at radius 2 is 2.08 bits per heavy atom. The molecule has 1 saturated heterocycles. The summed E-state index contributed by atoms with van der Waals surface area (Å²) in [4.78, 5) is 14.9. The minimum atomic E-state index is -0.351. The van der Waals surface area contributed by atoms with Crippen molar-refractivity contribution in [2.45, 2.75) is 50.2 Å². The highest BCUT2D eigenvalue weighted by molar-refractivity contribution is 5.99. The number of aromatic nitrogens is 1. The number of hydrogen-bond acceptors (Lipinski definition) is 5. The Morgan fingerprint density at radius 1 is 1.25 bits per heavy atom. The predicted octanol–water partition coefficient (Wildman–Crippen LogP) is 4.05. The molecule has 2 aromatic rings. The number of nitrogens with one attached hydrogen (secondary N) is 1. The Hall–Kier alpha value is -2.21. The summed E-state index contributed by atoms with van der Waals surface area (Å²) in [7, 11) is 0. The molecule has 6 nitrogen and oxygen atoms in total. The maximum absolute atomic E-state index is 11.2. The van der Waals surface area contributed by atoms with Crippen LogP contribution >= 0.6 is 0 Å². The molecule has 1 aromatic carbocycles. The van der Waals surface area contributed by atoms with Crippen molar-refractivity contribution >= 4 is 22.1 Å². The summed E-state index contributed by atoms with van der Waals surface area (Å²) in [5, 5.41) is 16.3. The van der Waals surface area contributed by atoms with Crippen LogP contribution in [0, 0.1) is 10.1 Å². The number of rotatable bonds is 3. The van der Waals surface area contributed by atoms with Gasteiger partial charge in [-0.3, -0.25) is 15.1 Å². The lowest BCUT2D eigenvalue weighted by atomic mass is 9.88. The van der Waals surface area contributed by atoms with Gasteiger partial charge >= 0.3 is 0 Å². The molecule has 1 atom stereocenters. The maximum atomic E-state index is 11.2. The molecule has 1 unspecified atom stereocenters. The molecule has 0 amide bonds. The van der Waals surface area contributed by atoms with Gasteiger partial charge in [-0.1, -0.05) is 12.8 Å². The van der Waals surface area contributed by atoms with E-state index in [1.165, 1.54) is 12.8 Å². The van der Waals surface area contributed by atoms with E-state index in [0.29, 0.717) is 11.4 Å². The first kappa shape index (κ1) is 15.3. The number of nitro benzene ring substituents is 1. The van der Waals surface area contributed by atoms with E-state index in [4.69, 9.17) is 4.74 Å². The van der Waals surface area contributed by atoms with Crippen LogP contribution in [0.15, 0.2) is 30.6 Å². The highest BCUT2D eigenvalue weighted by Gasteiger charge is 2.39. The first-order valence-electron chi connectivity index (χ1n) is 8.59. The second kappa shape index (κ2) is 6.02. The van der Waals surface area contributed by atoms with Crippen molar-refractivity contribution in [3.63, 3.8) is 0 Å². The Labute approximate surface area is 140 Å². The molecule has 2 heterocycles. The van der Waals surface area contributed by atoms with E-state index in [-0.39, 0.29) is 16.2 Å². The lowest BCUT2D eigenvalue weighted by molar-refractivity contribution is -0.383. The summed E-state index contributed by atoms with van der Waals surface area (Å²) in [6, 6.07) is 5.57. The third kappa shape index (κ3) is 2.71. The van der Waals surface area contributed by atoms with Crippen molar-refractivity contribution in [3.05, 3.63) is 40.7 Å². The van der Waals surface area contributed by atoms with Crippen molar-refractivity contribution in [1.29, 1.82) is 0 Å². The standard InChI is InChI=1S/C18H21N3O3/c22-21(23)17-4-3-16(14-5-9-19-12-15(14)17)20-13-6-10-24-18(11-13)7-1-2-8-18/h3-5,9,12-13,20H,1-2,6-8,10-11H2.